The predicted octanol–water partition coefficient (Wildman–Crippen LogP) is 2.02. The van der Waals surface area contributed by atoms with Crippen LogP contribution in [0.2, 0.25) is 5.02 Å². The molecule has 0 aliphatic heterocycles. The number of halogens is 1. The number of carbonyl (C=O) groups is 1. The largest absolute Gasteiger partial charge is 0.366 e. The molecule has 0 aromatic carbocycles. The Morgan fingerprint density at radius 1 is 1.71 bits per heavy atom. The molecule has 0 aliphatic carbocycles. The summed E-state index contributed by atoms with van der Waals surface area (Å²) in [6.07, 6.45) is 3.50. The maximum absolute atomic E-state index is 11.0. The number of thioether (sulfide) groups is 1. The van der Waals surface area contributed by atoms with Gasteiger partial charge in [-0.1, -0.05) is 11.6 Å². The maximum Gasteiger partial charge on any atom is 0.250 e. The van der Waals surface area contributed by atoms with Crippen molar-refractivity contribution in [1.29, 1.82) is 0 Å². The lowest BCUT2D eigenvalue weighted by atomic mass is 10.2. The monoisotopic (exact) mass is 273 g/mol. The average Bonchev–Trinajstić information content (AvgIpc) is 2.28. The fourth-order valence-electron chi connectivity index (χ4n) is 1.39. The molecule has 1 rings (SSSR count). The molecular weight excluding hydrogens is 258 g/mol. The Morgan fingerprint density at radius 3 is 2.82 bits per heavy atom. The van der Waals surface area contributed by atoms with Gasteiger partial charge in [0.15, 0.2) is 0 Å². The fourth-order valence-corrected chi connectivity index (χ4v) is 2.39. The lowest BCUT2D eigenvalue weighted by Crippen LogP contribution is -2.31. The molecular formula is C11H16ClN3OS. The highest BCUT2D eigenvalue weighted by Gasteiger charge is 2.15. The Hall–Kier alpha value is -0.940. The number of aromatic nitrogens is 1. The van der Waals surface area contributed by atoms with Crippen molar-refractivity contribution in [3.8, 4) is 0 Å². The van der Waals surface area contributed by atoms with Crippen molar-refractivity contribution in [2.45, 2.75) is 13.0 Å². The molecule has 1 unspecified atom stereocenters. The van der Waals surface area contributed by atoms with E-state index in [0.717, 1.165) is 5.75 Å². The summed E-state index contributed by atoms with van der Waals surface area (Å²) < 4.78 is 0. The van der Waals surface area contributed by atoms with Crippen LogP contribution in [0.25, 0.3) is 0 Å². The molecule has 1 aromatic rings. The minimum atomic E-state index is -0.522. The predicted molar refractivity (Wildman–Crippen MR) is 74.0 cm³/mol. The Morgan fingerprint density at radius 2 is 2.35 bits per heavy atom. The van der Waals surface area contributed by atoms with E-state index in [4.69, 9.17) is 17.3 Å². The third-order valence-corrected chi connectivity index (χ3v) is 3.60. The van der Waals surface area contributed by atoms with E-state index in [1.807, 2.05) is 11.9 Å². The van der Waals surface area contributed by atoms with Crippen LogP contribution < -0.4 is 10.6 Å². The first-order valence-corrected chi connectivity index (χ1v) is 6.91. The van der Waals surface area contributed by atoms with E-state index in [1.165, 1.54) is 6.20 Å². The first-order valence-electron chi connectivity index (χ1n) is 5.14. The molecule has 4 nitrogen and oxygen atoms in total. The quantitative estimate of drug-likeness (QED) is 0.892. The van der Waals surface area contributed by atoms with Gasteiger partial charge in [0.1, 0.15) is 5.82 Å². The molecule has 94 valence electrons. The van der Waals surface area contributed by atoms with Crippen molar-refractivity contribution in [2.24, 2.45) is 5.73 Å². The second-order valence-electron chi connectivity index (χ2n) is 3.81. The van der Waals surface area contributed by atoms with Crippen LogP contribution in [-0.2, 0) is 0 Å². The molecule has 0 saturated heterocycles. The van der Waals surface area contributed by atoms with Crippen molar-refractivity contribution >= 4 is 35.1 Å². The number of hydrogen-bond acceptors (Lipinski definition) is 4. The van der Waals surface area contributed by atoms with E-state index in [2.05, 4.69) is 18.2 Å². The van der Waals surface area contributed by atoms with Gasteiger partial charge in [-0.15, -0.1) is 0 Å². The van der Waals surface area contributed by atoms with Crippen molar-refractivity contribution in [3.63, 3.8) is 0 Å². The average molecular weight is 274 g/mol. The van der Waals surface area contributed by atoms with E-state index < -0.39 is 5.91 Å². The van der Waals surface area contributed by atoms with Gasteiger partial charge >= 0.3 is 0 Å². The number of hydrogen-bond donors (Lipinski definition) is 1. The number of nitrogens with two attached hydrogens (primary N) is 1. The molecule has 0 aliphatic rings. The molecule has 0 radical (unpaired) electrons. The second-order valence-corrected chi connectivity index (χ2v) is 5.13. The van der Waals surface area contributed by atoms with Crippen molar-refractivity contribution in [2.75, 3.05) is 24.0 Å². The normalized spacial score (nSPS) is 12.2. The summed E-state index contributed by atoms with van der Waals surface area (Å²) in [6.45, 7) is 2.09. The Kier molecular flexibility index (Phi) is 5.08. The van der Waals surface area contributed by atoms with Crippen LogP contribution in [0.5, 0.6) is 0 Å². The van der Waals surface area contributed by atoms with Crippen molar-refractivity contribution < 1.29 is 4.79 Å². The van der Waals surface area contributed by atoms with Gasteiger partial charge in [0.2, 0.25) is 5.91 Å². The van der Waals surface area contributed by atoms with Crippen LogP contribution in [0.3, 0.4) is 0 Å². The van der Waals surface area contributed by atoms with Crippen LogP contribution in [-0.4, -0.2) is 36.0 Å². The first kappa shape index (κ1) is 14.1. The molecule has 1 aromatic heterocycles. The zero-order valence-electron chi connectivity index (χ0n) is 10.1. The van der Waals surface area contributed by atoms with Gasteiger partial charge in [-0.2, -0.15) is 11.8 Å². The summed E-state index contributed by atoms with van der Waals surface area (Å²) in [6, 6.07) is 1.86. The summed E-state index contributed by atoms with van der Waals surface area (Å²) in [4.78, 5) is 17.2. The van der Waals surface area contributed by atoms with Crippen LogP contribution in [0.15, 0.2) is 12.3 Å². The standard InChI is InChI=1S/C11H16ClN3OS/c1-7(6-17-3)15(2)11-9(12)4-8(5-14-11)10(13)16/h4-5,7H,6H2,1-3H3,(H2,13,16). The first-order chi connectivity index (χ1) is 7.97. The molecule has 6 heteroatoms. The lowest BCUT2D eigenvalue weighted by Gasteiger charge is -2.26. The van der Waals surface area contributed by atoms with Gasteiger partial charge in [-0.25, -0.2) is 4.98 Å². The molecule has 1 heterocycles. The Balaban J connectivity index is 2.95. The Bertz CT molecular complexity index is 414. The summed E-state index contributed by atoms with van der Waals surface area (Å²) in [5.74, 6) is 1.12. The summed E-state index contributed by atoms with van der Waals surface area (Å²) in [5.41, 5.74) is 5.49. The van der Waals surface area contributed by atoms with Gasteiger partial charge in [-0.05, 0) is 19.2 Å². The SMILES string of the molecule is CSCC(C)N(C)c1ncc(C(N)=O)cc1Cl. The van der Waals surface area contributed by atoms with E-state index in [0.29, 0.717) is 22.4 Å². The highest BCUT2D eigenvalue weighted by atomic mass is 35.5. The molecule has 1 amide bonds. The van der Waals surface area contributed by atoms with Crippen molar-refractivity contribution in [1.82, 2.24) is 4.98 Å². The number of nitrogens with zero attached hydrogens (tertiary/aromatic N) is 2. The zero-order valence-corrected chi connectivity index (χ0v) is 11.7. The number of pyridine rings is 1. The molecule has 2 N–H and O–H groups in total. The number of primary amides is 1. The summed E-state index contributed by atoms with van der Waals surface area (Å²) in [7, 11) is 1.93. The van der Waals surface area contributed by atoms with Gasteiger partial charge in [0, 0.05) is 25.0 Å². The smallest absolute Gasteiger partial charge is 0.250 e. The lowest BCUT2D eigenvalue weighted by molar-refractivity contribution is 0.1000. The highest BCUT2D eigenvalue weighted by Crippen LogP contribution is 2.25. The van der Waals surface area contributed by atoms with Gasteiger partial charge in [0.05, 0.1) is 10.6 Å². The number of amides is 1. The highest BCUT2D eigenvalue weighted by molar-refractivity contribution is 7.98. The minimum absolute atomic E-state index is 0.314. The number of rotatable bonds is 5. The maximum atomic E-state index is 11.0. The second kappa shape index (κ2) is 6.12. The van der Waals surface area contributed by atoms with E-state index >= 15 is 0 Å². The summed E-state index contributed by atoms with van der Waals surface area (Å²) in [5, 5.41) is 0.441. The molecule has 0 spiro atoms. The minimum Gasteiger partial charge on any atom is -0.366 e. The van der Waals surface area contributed by atoms with E-state index in [9.17, 15) is 4.79 Å². The van der Waals surface area contributed by atoms with Gasteiger partial charge in [0.25, 0.3) is 0 Å². The zero-order chi connectivity index (χ0) is 13.0. The van der Waals surface area contributed by atoms with Crippen LogP contribution >= 0.6 is 23.4 Å². The topological polar surface area (TPSA) is 59.2 Å². The molecule has 1 atom stereocenters. The fraction of sp³-hybridized carbons (Fsp3) is 0.455. The molecule has 17 heavy (non-hydrogen) atoms. The van der Waals surface area contributed by atoms with Crippen LogP contribution in [0, 0.1) is 0 Å². The summed E-state index contributed by atoms with van der Waals surface area (Å²) >= 11 is 7.85. The molecule has 0 fully saturated rings. The third-order valence-electron chi connectivity index (χ3n) is 2.51. The Labute approximate surface area is 111 Å². The molecule has 0 saturated carbocycles. The van der Waals surface area contributed by atoms with Crippen molar-refractivity contribution in [3.05, 3.63) is 22.8 Å². The van der Waals surface area contributed by atoms with Crippen LogP contribution in [0.1, 0.15) is 17.3 Å². The number of carbonyl (C=O) groups excluding carboxylic acids is 1. The van der Waals surface area contributed by atoms with Crippen LogP contribution in [0.4, 0.5) is 5.82 Å². The molecule has 0 bridgehead atoms. The van der Waals surface area contributed by atoms with Gasteiger partial charge < -0.3 is 10.6 Å². The third kappa shape index (κ3) is 3.51. The van der Waals surface area contributed by atoms with Gasteiger partial charge in [-0.3, -0.25) is 4.79 Å². The van der Waals surface area contributed by atoms with E-state index in [1.54, 1.807) is 17.8 Å². The van der Waals surface area contributed by atoms with E-state index in [-0.39, 0.29) is 0 Å². The number of anilines is 1.